The summed E-state index contributed by atoms with van der Waals surface area (Å²) in [5, 5.41) is 9.08. The van der Waals surface area contributed by atoms with Gasteiger partial charge < -0.3 is 9.47 Å². The second kappa shape index (κ2) is 11.4. The highest BCUT2D eigenvalue weighted by molar-refractivity contribution is 5.84. The maximum Gasteiger partial charge on any atom is 0.330 e. The number of rotatable bonds is 3. The molecule has 1 atom stereocenters. The van der Waals surface area contributed by atoms with Crippen molar-refractivity contribution in [3.05, 3.63) is 12.2 Å². The fourth-order valence-electron chi connectivity index (χ4n) is 5.18. The molecule has 0 aromatic rings. The summed E-state index contributed by atoms with van der Waals surface area (Å²) in [6, 6.07) is 2.42. The summed E-state index contributed by atoms with van der Waals surface area (Å²) in [4.78, 5) is 24.4. The molecule has 2 aliphatic carbocycles. The number of carbonyl (C=O) groups excluding carboxylic acids is 2. The molecule has 0 radical (unpaired) electrons. The van der Waals surface area contributed by atoms with Crippen molar-refractivity contribution in [1.82, 2.24) is 0 Å². The second-order valence-electron chi connectivity index (χ2n) is 9.05. The van der Waals surface area contributed by atoms with E-state index in [2.05, 4.69) is 6.07 Å². The van der Waals surface area contributed by atoms with Gasteiger partial charge in [0.1, 0.15) is 6.10 Å². The average Bonchev–Trinajstić information content (AvgIpc) is 2.80. The standard InChI is InChI=1S/C24H35NO4/c25-17-18-6-8-19(9-7-18)20-10-13-22(14-11-20)29-24(27)21-5-3-1-2-4-16-28-23(26)15-12-21/h12,15,18-22H,1-11,13-14,16H2/b15-12-. The SMILES string of the molecule is N#CC1CCC(C2CCC(OC(=O)C3/C=C\C(=O)OCCCCCC3)CC2)CC1. The Labute approximate surface area is 174 Å². The van der Waals surface area contributed by atoms with Crippen molar-refractivity contribution < 1.29 is 19.1 Å². The van der Waals surface area contributed by atoms with Crippen LogP contribution in [-0.4, -0.2) is 24.6 Å². The molecule has 160 valence electrons. The first-order valence-corrected chi connectivity index (χ1v) is 11.6. The topological polar surface area (TPSA) is 76.4 Å². The smallest absolute Gasteiger partial charge is 0.330 e. The second-order valence-corrected chi connectivity index (χ2v) is 9.05. The van der Waals surface area contributed by atoms with E-state index in [0.29, 0.717) is 6.61 Å². The van der Waals surface area contributed by atoms with Crippen LogP contribution in [0.4, 0.5) is 0 Å². The van der Waals surface area contributed by atoms with Gasteiger partial charge in [-0.15, -0.1) is 0 Å². The van der Waals surface area contributed by atoms with Gasteiger partial charge in [-0.1, -0.05) is 25.3 Å². The van der Waals surface area contributed by atoms with Gasteiger partial charge in [-0.3, -0.25) is 4.79 Å². The molecular weight excluding hydrogens is 366 g/mol. The predicted octanol–water partition coefficient (Wildman–Crippen LogP) is 5.10. The number of esters is 2. The summed E-state index contributed by atoms with van der Waals surface area (Å²) >= 11 is 0. The van der Waals surface area contributed by atoms with Crippen molar-refractivity contribution >= 4 is 11.9 Å². The third-order valence-corrected chi connectivity index (χ3v) is 7.04. The molecule has 29 heavy (non-hydrogen) atoms. The Bertz CT molecular complexity index is 607. The quantitative estimate of drug-likeness (QED) is 0.615. The molecule has 2 fully saturated rings. The molecule has 5 heteroatoms. The van der Waals surface area contributed by atoms with Crippen molar-refractivity contribution in [3.63, 3.8) is 0 Å². The molecule has 2 saturated carbocycles. The lowest BCUT2D eigenvalue weighted by Crippen LogP contribution is -2.31. The molecule has 0 amide bonds. The Morgan fingerprint density at radius 1 is 0.931 bits per heavy atom. The zero-order valence-electron chi connectivity index (χ0n) is 17.5. The summed E-state index contributed by atoms with van der Waals surface area (Å²) in [5.41, 5.74) is 0. The van der Waals surface area contributed by atoms with Crippen LogP contribution in [0.1, 0.15) is 83.5 Å². The molecule has 1 heterocycles. The van der Waals surface area contributed by atoms with E-state index in [1.54, 1.807) is 6.08 Å². The van der Waals surface area contributed by atoms with Crippen LogP contribution in [0.3, 0.4) is 0 Å². The highest BCUT2D eigenvalue weighted by Gasteiger charge is 2.32. The summed E-state index contributed by atoms with van der Waals surface area (Å²) < 4.78 is 11.0. The first-order valence-electron chi connectivity index (χ1n) is 11.6. The Kier molecular flexibility index (Phi) is 8.58. The lowest BCUT2D eigenvalue weighted by atomic mass is 9.71. The van der Waals surface area contributed by atoms with Crippen LogP contribution < -0.4 is 0 Å². The first-order chi connectivity index (χ1) is 14.2. The van der Waals surface area contributed by atoms with E-state index in [1.807, 2.05) is 0 Å². The zero-order valence-corrected chi connectivity index (χ0v) is 17.5. The minimum atomic E-state index is -0.365. The van der Waals surface area contributed by atoms with Crippen LogP contribution in [0.5, 0.6) is 0 Å². The Morgan fingerprint density at radius 2 is 1.59 bits per heavy atom. The Morgan fingerprint density at radius 3 is 2.28 bits per heavy atom. The molecule has 5 nitrogen and oxygen atoms in total. The van der Waals surface area contributed by atoms with Crippen LogP contribution in [-0.2, 0) is 19.1 Å². The number of cyclic esters (lactones) is 1. The highest BCUT2D eigenvalue weighted by Crippen LogP contribution is 2.40. The summed E-state index contributed by atoms with van der Waals surface area (Å²) in [6.07, 6.45) is 16.3. The zero-order chi connectivity index (χ0) is 20.5. The number of nitrogens with zero attached hydrogens (tertiary/aromatic N) is 1. The molecule has 0 aromatic heterocycles. The lowest BCUT2D eigenvalue weighted by Gasteiger charge is -2.36. The monoisotopic (exact) mass is 401 g/mol. The third-order valence-electron chi connectivity index (χ3n) is 7.04. The van der Waals surface area contributed by atoms with Crippen LogP contribution in [0.15, 0.2) is 12.2 Å². The van der Waals surface area contributed by atoms with Gasteiger partial charge in [-0.05, 0) is 76.0 Å². The van der Waals surface area contributed by atoms with Crippen molar-refractivity contribution in [2.24, 2.45) is 23.7 Å². The summed E-state index contributed by atoms with van der Waals surface area (Å²) in [7, 11) is 0. The minimum absolute atomic E-state index is 0.00716. The number of nitriles is 1. The number of hydrogen-bond acceptors (Lipinski definition) is 5. The van der Waals surface area contributed by atoms with Gasteiger partial charge in [0.15, 0.2) is 0 Å². The Hall–Kier alpha value is -1.83. The van der Waals surface area contributed by atoms with Crippen molar-refractivity contribution in [2.75, 3.05) is 6.61 Å². The highest BCUT2D eigenvalue weighted by atomic mass is 16.5. The van der Waals surface area contributed by atoms with E-state index in [1.165, 1.54) is 18.9 Å². The van der Waals surface area contributed by atoms with Crippen molar-refractivity contribution in [2.45, 2.75) is 89.6 Å². The maximum absolute atomic E-state index is 12.7. The fourth-order valence-corrected chi connectivity index (χ4v) is 5.18. The largest absolute Gasteiger partial charge is 0.463 e. The van der Waals surface area contributed by atoms with Crippen LogP contribution >= 0.6 is 0 Å². The molecule has 3 aliphatic rings. The number of ether oxygens (including phenoxy) is 2. The van der Waals surface area contributed by atoms with Gasteiger partial charge >= 0.3 is 11.9 Å². The summed E-state index contributed by atoms with van der Waals surface area (Å²) in [5.74, 6) is 0.821. The van der Waals surface area contributed by atoms with E-state index >= 15 is 0 Å². The van der Waals surface area contributed by atoms with Gasteiger partial charge in [0.25, 0.3) is 0 Å². The third kappa shape index (κ3) is 6.87. The van der Waals surface area contributed by atoms with Gasteiger partial charge in [0, 0.05) is 12.0 Å². The normalized spacial score (nSPS) is 35.4. The Balaban J connectivity index is 1.45. The van der Waals surface area contributed by atoms with E-state index in [9.17, 15) is 9.59 Å². The molecule has 0 bridgehead atoms. The molecule has 0 saturated heterocycles. The number of hydrogen-bond donors (Lipinski definition) is 0. The number of carbonyl (C=O) groups is 2. The van der Waals surface area contributed by atoms with E-state index in [4.69, 9.17) is 14.7 Å². The molecule has 0 spiro atoms. The van der Waals surface area contributed by atoms with Crippen LogP contribution in [0.2, 0.25) is 0 Å². The van der Waals surface area contributed by atoms with Gasteiger partial charge in [0.2, 0.25) is 0 Å². The molecular formula is C24H35NO4. The van der Waals surface area contributed by atoms with E-state index < -0.39 is 0 Å². The van der Waals surface area contributed by atoms with E-state index in [-0.39, 0.29) is 29.9 Å². The minimum Gasteiger partial charge on any atom is -0.463 e. The summed E-state index contributed by atoms with van der Waals surface area (Å²) in [6.45, 7) is 0.458. The average molecular weight is 402 g/mol. The van der Waals surface area contributed by atoms with Crippen LogP contribution in [0.25, 0.3) is 0 Å². The molecule has 3 rings (SSSR count). The molecule has 1 unspecified atom stereocenters. The lowest BCUT2D eigenvalue weighted by molar-refractivity contribution is -0.154. The first kappa shape index (κ1) is 21.9. The fraction of sp³-hybridized carbons (Fsp3) is 0.792. The van der Waals surface area contributed by atoms with Crippen molar-refractivity contribution in [3.8, 4) is 6.07 Å². The molecule has 1 aliphatic heterocycles. The predicted molar refractivity (Wildman–Crippen MR) is 110 cm³/mol. The van der Waals surface area contributed by atoms with Crippen molar-refractivity contribution in [1.29, 1.82) is 5.26 Å². The maximum atomic E-state index is 12.7. The van der Waals surface area contributed by atoms with Crippen LogP contribution in [0, 0.1) is 35.0 Å². The molecule has 0 N–H and O–H groups in total. The van der Waals surface area contributed by atoms with Gasteiger partial charge in [0.05, 0.1) is 18.6 Å². The van der Waals surface area contributed by atoms with Gasteiger partial charge in [-0.25, -0.2) is 4.79 Å². The van der Waals surface area contributed by atoms with E-state index in [0.717, 1.165) is 82.5 Å². The van der Waals surface area contributed by atoms with Gasteiger partial charge in [-0.2, -0.15) is 5.26 Å². The molecule has 0 aromatic carbocycles.